The summed E-state index contributed by atoms with van der Waals surface area (Å²) in [5.41, 5.74) is 6.20. The van der Waals surface area contributed by atoms with Crippen LogP contribution >= 0.6 is 15.9 Å². The SMILES string of the molecule is COC1CCC2(CC1)Oc1ccc(CBr)cc1C21N=C(N)N(C)C1=O. The summed E-state index contributed by atoms with van der Waals surface area (Å²) in [5.74, 6) is 0.881. The van der Waals surface area contributed by atoms with Crippen molar-refractivity contribution in [1.29, 1.82) is 0 Å². The van der Waals surface area contributed by atoms with Crippen LogP contribution in [0.15, 0.2) is 23.2 Å². The van der Waals surface area contributed by atoms with Gasteiger partial charge in [0.25, 0.3) is 5.91 Å². The standard InChI is InChI=1S/C18H22BrN3O3/c1-22-15(23)18(21-16(22)20)13-9-11(10-19)3-4-14(13)25-17(18)7-5-12(24-2)6-8-17/h3-4,9,12H,5-8,10H2,1-2H3,(H2,20,21). The summed E-state index contributed by atoms with van der Waals surface area (Å²) in [5, 5.41) is 0.707. The first-order chi connectivity index (χ1) is 12.0. The maximum atomic E-state index is 13.3. The summed E-state index contributed by atoms with van der Waals surface area (Å²) in [6.45, 7) is 0. The number of ether oxygens (including phenoxy) is 2. The monoisotopic (exact) mass is 407 g/mol. The molecular weight excluding hydrogens is 386 g/mol. The van der Waals surface area contributed by atoms with Crippen LogP contribution in [0.25, 0.3) is 0 Å². The lowest BCUT2D eigenvalue weighted by molar-refractivity contribution is -0.140. The van der Waals surface area contributed by atoms with Gasteiger partial charge in [-0.2, -0.15) is 0 Å². The minimum Gasteiger partial charge on any atom is -0.483 e. The van der Waals surface area contributed by atoms with Crippen molar-refractivity contribution < 1.29 is 14.3 Å². The molecule has 6 nitrogen and oxygen atoms in total. The number of carbonyl (C=O) groups excluding carboxylic acids is 1. The van der Waals surface area contributed by atoms with Gasteiger partial charge >= 0.3 is 0 Å². The molecule has 0 saturated heterocycles. The van der Waals surface area contributed by atoms with Crippen LogP contribution in [-0.2, 0) is 20.4 Å². The number of nitrogens with two attached hydrogens (primary N) is 1. The average molecular weight is 408 g/mol. The van der Waals surface area contributed by atoms with Crippen LogP contribution in [0.2, 0.25) is 0 Å². The van der Waals surface area contributed by atoms with E-state index < -0.39 is 11.1 Å². The van der Waals surface area contributed by atoms with Crippen LogP contribution in [0.5, 0.6) is 5.75 Å². The van der Waals surface area contributed by atoms with Gasteiger partial charge in [0, 0.05) is 25.1 Å². The van der Waals surface area contributed by atoms with Crippen molar-refractivity contribution in [2.45, 2.75) is 48.3 Å². The molecule has 134 valence electrons. The highest BCUT2D eigenvalue weighted by atomic mass is 79.9. The Balaban J connectivity index is 1.88. The minimum atomic E-state index is -1.09. The van der Waals surface area contributed by atoms with Crippen LogP contribution in [-0.4, -0.2) is 42.6 Å². The molecule has 1 aromatic rings. The van der Waals surface area contributed by atoms with E-state index in [9.17, 15) is 4.79 Å². The Morgan fingerprint density at radius 3 is 2.72 bits per heavy atom. The van der Waals surface area contributed by atoms with E-state index in [1.54, 1.807) is 14.2 Å². The number of fused-ring (bicyclic) bond motifs is 3. The normalized spacial score (nSPS) is 33.7. The van der Waals surface area contributed by atoms with Gasteiger partial charge in [0.2, 0.25) is 5.54 Å². The quantitative estimate of drug-likeness (QED) is 0.762. The van der Waals surface area contributed by atoms with E-state index in [2.05, 4.69) is 15.9 Å². The van der Waals surface area contributed by atoms with Crippen molar-refractivity contribution >= 4 is 27.8 Å². The maximum Gasteiger partial charge on any atom is 0.266 e. The Morgan fingerprint density at radius 1 is 1.44 bits per heavy atom. The molecule has 2 heterocycles. The zero-order chi connectivity index (χ0) is 17.8. The molecule has 7 heteroatoms. The number of methoxy groups -OCH3 is 1. The number of halogens is 1. The molecule has 2 spiro atoms. The third-order valence-corrected chi connectivity index (χ3v) is 6.51. The summed E-state index contributed by atoms with van der Waals surface area (Å²) < 4.78 is 12.0. The first-order valence-corrected chi connectivity index (χ1v) is 9.64. The highest BCUT2D eigenvalue weighted by Gasteiger charge is 2.68. The number of amides is 1. The van der Waals surface area contributed by atoms with Crippen molar-refractivity contribution in [3.8, 4) is 5.75 Å². The van der Waals surface area contributed by atoms with E-state index in [4.69, 9.17) is 20.2 Å². The number of aliphatic imine (C=N–C) groups is 1. The molecular formula is C18H22BrN3O3. The summed E-state index contributed by atoms with van der Waals surface area (Å²) >= 11 is 3.49. The number of hydrogen-bond donors (Lipinski definition) is 1. The third kappa shape index (κ3) is 2.11. The molecule has 0 bridgehead atoms. The molecule has 2 N–H and O–H groups in total. The molecule has 4 rings (SSSR count). The van der Waals surface area contributed by atoms with Crippen molar-refractivity contribution in [2.75, 3.05) is 14.2 Å². The lowest BCUT2D eigenvalue weighted by atomic mass is 9.68. The van der Waals surface area contributed by atoms with E-state index >= 15 is 0 Å². The van der Waals surface area contributed by atoms with Gasteiger partial charge in [-0.05, 0) is 43.4 Å². The lowest BCUT2D eigenvalue weighted by Gasteiger charge is -2.43. The molecule has 3 aliphatic rings. The molecule has 0 aromatic heterocycles. The fraction of sp³-hybridized carbons (Fsp3) is 0.556. The number of rotatable bonds is 2. The van der Waals surface area contributed by atoms with E-state index in [0.29, 0.717) is 18.2 Å². The smallest absolute Gasteiger partial charge is 0.266 e. The van der Waals surface area contributed by atoms with Crippen molar-refractivity contribution in [3.63, 3.8) is 0 Å². The number of guanidine groups is 1. The van der Waals surface area contributed by atoms with Crippen LogP contribution in [0, 0.1) is 0 Å². The van der Waals surface area contributed by atoms with Crippen LogP contribution in [0.4, 0.5) is 0 Å². The summed E-state index contributed by atoms with van der Waals surface area (Å²) in [6, 6.07) is 5.98. The van der Waals surface area contributed by atoms with Crippen molar-refractivity contribution in [1.82, 2.24) is 4.90 Å². The summed E-state index contributed by atoms with van der Waals surface area (Å²) in [4.78, 5) is 19.5. The van der Waals surface area contributed by atoms with Crippen molar-refractivity contribution in [3.05, 3.63) is 29.3 Å². The predicted octanol–water partition coefficient (Wildman–Crippen LogP) is 2.28. The van der Waals surface area contributed by atoms with Gasteiger partial charge in [0.05, 0.1) is 6.10 Å². The minimum absolute atomic E-state index is 0.105. The van der Waals surface area contributed by atoms with Gasteiger partial charge in [-0.3, -0.25) is 9.69 Å². The number of carbonyl (C=O) groups is 1. The van der Waals surface area contributed by atoms with Gasteiger partial charge in [-0.25, -0.2) is 4.99 Å². The molecule has 1 unspecified atom stereocenters. The second kappa shape index (κ2) is 5.71. The summed E-state index contributed by atoms with van der Waals surface area (Å²) in [6.07, 6.45) is 3.29. The van der Waals surface area contributed by atoms with E-state index in [1.165, 1.54) is 4.90 Å². The first kappa shape index (κ1) is 16.8. The molecule has 1 fully saturated rings. The lowest BCUT2D eigenvalue weighted by Crippen LogP contribution is -2.57. The third-order valence-electron chi connectivity index (χ3n) is 5.87. The predicted molar refractivity (Wildman–Crippen MR) is 97.8 cm³/mol. The molecule has 1 amide bonds. The van der Waals surface area contributed by atoms with E-state index in [-0.39, 0.29) is 18.0 Å². The Hall–Kier alpha value is -1.60. The molecule has 0 radical (unpaired) electrons. The maximum absolute atomic E-state index is 13.3. The highest BCUT2D eigenvalue weighted by molar-refractivity contribution is 9.08. The zero-order valence-corrected chi connectivity index (χ0v) is 16.0. The highest BCUT2D eigenvalue weighted by Crippen LogP contribution is 2.58. The topological polar surface area (TPSA) is 77.2 Å². The van der Waals surface area contributed by atoms with Crippen LogP contribution in [0.3, 0.4) is 0 Å². The van der Waals surface area contributed by atoms with Gasteiger partial charge in [0.1, 0.15) is 11.4 Å². The van der Waals surface area contributed by atoms with E-state index in [0.717, 1.165) is 29.7 Å². The van der Waals surface area contributed by atoms with Gasteiger partial charge in [-0.1, -0.05) is 22.0 Å². The molecule has 1 aromatic carbocycles. The number of nitrogens with zero attached hydrogens (tertiary/aromatic N) is 2. The zero-order valence-electron chi connectivity index (χ0n) is 14.4. The Kier molecular flexibility index (Phi) is 3.85. The second-order valence-corrected chi connectivity index (χ2v) is 7.60. The molecule has 1 saturated carbocycles. The molecule has 1 atom stereocenters. The first-order valence-electron chi connectivity index (χ1n) is 8.52. The fourth-order valence-electron chi connectivity index (χ4n) is 4.43. The number of alkyl halides is 1. The molecule has 2 aliphatic heterocycles. The number of benzene rings is 1. The Labute approximate surface area is 155 Å². The molecule has 1 aliphatic carbocycles. The van der Waals surface area contributed by atoms with Crippen LogP contribution < -0.4 is 10.5 Å². The van der Waals surface area contributed by atoms with Gasteiger partial charge in [-0.15, -0.1) is 0 Å². The second-order valence-electron chi connectivity index (χ2n) is 7.04. The van der Waals surface area contributed by atoms with Crippen LogP contribution in [0.1, 0.15) is 36.8 Å². The number of hydrogen-bond acceptors (Lipinski definition) is 5. The number of likely N-dealkylation sites (N-methyl/N-ethyl adjacent to an activating group) is 1. The molecule has 25 heavy (non-hydrogen) atoms. The van der Waals surface area contributed by atoms with Crippen molar-refractivity contribution in [2.24, 2.45) is 10.7 Å². The summed E-state index contributed by atoms with van der Waals surface area (Å²) in [7, 11) is 3.41. The van der Waals surface area contributed by atoms with Gasteiger partial charge < -0.3 is 15.2 Å². The van der Waals surface area contributed by atoms with Gasteiger partial charge in [0.15, 0.2) is 5.96 Å². The fourth-order valence-corrected chi connectivity index (χ4v) is 4.78. The van der Waals surface area contributed by atoms with E-state index in [1.807, 2.05) is 18.2 Å². The average Bonchev–Trinajstić information content (AvgIpc) is 3.03. The Bertz CT molecular complexity index is 758. The Morgan fingerprint density at radius 2 is 2.16 bits per heavy atom. The largest absolute Gasteiger partial charge is 0.483 e.